The van der Waals surface area contributed by atoms with Crippen LogP contribution in [0.15, 0.2) is 0 Å². The summed E-state index contributed by atoms with van der Waals surface area (Å²) in [5, 5.41) is 14.0. The van der Waals surface area contributed by atoms with E-state index in [9.17, 15) is 23.2 Å². The summed E-state index contributed by atoms with van der Waals surface area (Å²) in [4.78, 5) is 38.1. The summed E-state index contributed by atoms with van der Waals surface area (Å²) in [6.07, 6.45) is 1.01. The summed E-state index contributed by atoms with van der Waals surface area (Å²) >= 11 is 0. The summed E-state index contributed by atoms with van der Waals surface area (Å²) in [6.45, 7) is 3.31. The van der Waals surface area contributed by atoms with Gasteiger partial charge in [-0.15, -0.1) is 0 Å². The van der Waals surface area contributed by atoms with Gasteiger partial charge in [-0.1, -0.05) is 0 Å². The number of nitrogens with zero attached hydrogens (tertiary/aromatic N) is 2. The highest BCUT2D eigenvalue weighted by molar-refractivity contribution is 5.88. The van der Waals surface area contributed by atoms with Crippen molar-refractivity contribution in [1.29, 1.82) is 5.26 Å². The highest BCUT2D eigenvalue weighted by Gasteiger charge is 2.58. The highest BCUT2D eigenvalue weighted by atomic mass is 19.3. The molecular formula is C20H28F2N4O5. The SMILES string of the molecule is CCOC(=O)OC1CC12CCN(C(=O)N[C@@H](CC(C)(F)F)C(=O)NC1(C#N)CC1)CC2. The topological polar surface area (TPSA) is 121 Å². The third kappa shape index (κ3) is 5.74. The lowest BCUT2D eigenvalue weighted by Gasteiger charge is -2.34. The van der Waals surface area contributed by atoms with Crippen molar-refractivity contribution in [3.63, 3.8) is 0 Å². The van der Waals surface area contributed by atoms with Crippen LogP contribution in [0.5, 0.6) is 0 Å². The second kappa shape index (κ2) is 8.48. The molecule has 3 amide bonds. The Morgan fingerprint density at radius 3 is 2.42 bits per heavy atom. The molecule has 11 heteroatoms. The first kappa shape index (κ1) is 23.0. The van der Waals surface area contributed by atoms with E-state index in [1.165, 1.54) is 4.90 Å². The third-order valence-corrected chi connectivity index (χ3v) is 6.17. The predicted molar refractivity (Wildman–Crippen MR) is 103 cm³/mol. The van der Waals surface area contributed by atoms with Crippen LogP contribution in [0.25, 0.3) is 0 Å². The first-order valence-corrected chi connectivity index (χ1v) is 10.5. The van der Waals surface area contributed by atoms with Crippen LogP contribution in [-0.2, 0) is 14.3 Å². The molecule has 1 aliphatic heterocycles. The van der Waals surface area contributed by atoms with Crippen LogP contribution < -0.4 is 10.6 Å². The van der Waals surface area contributed by atoms with Crippen molar-refractivity contribution in [1.82, 2.24) is 15.5 Å². The maximum atomic E-state index is 13.6. The number of carbonyl (C=O) groups is 3. The first-order chi connectivity index (χ1) is 14.5. The molecule has 3 aliphatic rings. The normalized spacial score (nSPS) is 23.8. The van der Waals surface area contributed by atoms with Crippen molar-refractivity contribution in [2.75, 3.05) is 19.7 Å². The predicted octanol–water partition coefficient (Wildman–Crippen LogP) is 2.31. The zero-order valence-corrected chi connectivity index (χ0v) is 17.7. The maximum absolute atomic E-state index is 13.6. The zero-order chi connectivity index (χ0) is 22.9. The van der Waals surface area contributed by atoms with Crippen LogP contribution in [0.3, 0.4) is 0 Å². The van der Waals surface area contributed by atoms with E-state index in [0.29, 0.717) is 52.1 Å². The average molecular weight is 442 g/mol. The Morgan fingerprint density at radius 1 is 1.26 bits per heavy atom. The van der Waals surface area contributed by atoms with Gasteiger partial charge in [-0.25, -0.2) is 18.4 Å². The third-order valence-electron chi connectivity index (χ3n) is 6.17. The molecule has 31 heavy (non-hydrogen) atoms. The summed E-state index contributed by atoms with van der Waals surface area (Å²) in [5.74, 6) is -3.96. The Labute approximate surface area is 179 Å². The fourth-order valence-corrected chi connectivity index (χ4v) is 3.95. The standard InChI is InChI=1S/C20H28F2N4O5/c1-3-30-17(29)31-14-11-19(14)6-8-26(9-7-19)16(28)24-13(10-18(2,21)22)15(27)25-20(12-23)4-5-20/h13-14H,3-11H2,1-2H3,(H,24,28)(H,25,27)/t13-,14?/m0/s1. The van der Waals surface area contributed by atoms with Gasteiger partial charge in [0.1, 0.15) is 17.7 Å². The molecule has 0 aromatic carbocycles. The number of piperidine rings is 1. The Kier molecular flexibility index (Phi) is 6.30. The quantitative estimate of drug-likeness (QED) is 0.584. The Hall–Kier alpha value is -2.64. The van der Waals surface area contributed by atoms with Gasteiger partial charge in [-0.2, -0.15) is 5.26 Å². The van der Waals surface area contributed by atoms with E-state index in [4.69, 9.17) is 14.7 Å². The van der Waals surface area contributed by atoms with Crippen LogP contribution in [0.4, 0.5) is 18.4 Å². The minimum Gasteiger partial charge on any atom is -0.435 e. The summed E-state index contributed by atoms with van der Waals surface area (Å²) in [6, 6.07) is -0.0841. The lowest BCUT2D eigenvalue weighted by Crippen LogP contribution is -2.55. The van der Waals surface area contributed by atoms with Gasteiger partial charge in [-0.05, 0) is 46.0 Å². The van der Waals surface area contributed by atoms with Crippen LogP contribution in [0.1, 0.15) is 52.4 Å². The van der Waals surface area contributed by atoms with Gasteiger partial charge in [0.25, 0.3) is 0 Å². The molecule has 3 rings (SSSR count). The second-order valence-corrected chi connectivity index (χ2v) is 8.80. The molecule has 0 aromatic rings. The second-order valence-electron chi connectivity index (χ2n) is 8.80. The molecule has 1 unspecified atom stereocenters. The van der Waals surface area contributed by atoms with Crippen molar-refractivity contribution in [2.24, 2.45) is 5.41 Å². The van der Waals surface area contributed by atoms with Gasteiger partial charge >= 0.3 is 12.2 Å². The van der Waals surface area contributed by atoms with Crippen LogP contribution in [-0.4, -0.2) is 66.3 Å². The zero-order valence-electron chi connectivity index (χ0n) is 17.7. The smallest absolute Gasteiger partial charge is 0.435 e. The fraction of sp³-hybridized carbons (Fsp3) is 0.800. The molecule has 1 saturated heterocycles. The van der Waals surface area contributed by atoms with Gasteiger partial charge < -0.3 is 25.0 Å². The molecule has 9 nitrogen and oxygen atoms in total. The van der Waals surface area contributed by atoms with E-state index in [1.54, 1.807) is 6.92 Å². The van der Waals surface area contributed by atoms with Crippen LogP contribution >= 0.6 is 0 Å². The average Bonchev–Trinajstić information content (AvgIpc) is 3.59. The largest absolute Gasteiger partial charge is 0.508 e. The van der Waals surface area contributed by atoms with Gasteiger partial charge in [0.2, 0.25) is 11.8 Å². The van der Waals surface area contributed by atoms with E-state index in [-0.39, 0.29) is 18.1 Å². The lowest BCUT2D eigenvalue weighted by molar-refractivity contribution is -0.126. The number of nitriles is 1. The summed E-state index contributed by atoms with van der Waals surface area (Å²) in [7, 11) is 0. The number of hydrogen-bond acceptors (Lipinski definition) is 6. The Balaban J connectivity index is 1.52. The van der Waals surface area contributed by atoms with Crippen molar-refractivity contribution in [2.45, 2.75) is 76.0 Å². The lowest BCUT2D eigenvalue weighted by atomic mass is 9.93. The Morgan fingerprint density at radius 2 is 1.90 bits per heavy atom. The van der Waals surface area contributed by atoms with Crippen molar-refractivity contribution in [3.8, 4) is 6.07 Å². The molecule has 3 fully saturated rings. The van der Waals surface area contributed by atoms with E-state index in [0.717, 1.165) is 0 Å². The molecule has 0 aromatic heterocycles. The monoisotopic (exact) mass is 442 g/mol. The summed E-state index contributed by atoms with van der Waals surface area (Å²) < 4.78 is 37.3. The number of urea groups is 1. The Bertz CT molecular complexity index is 767. The number of amides is 3. The molecule has 1 spiro atoms. The van der Waals surface area contributed by atoms with Gasteiger partial charge in [-0.3, -0.25) is 4.79 Å². The van der Waals surface area contributed by atoms with E-state index in [2.05, 4.69) is 10.6 Å². The molecule has 172 valence electrons. The first-order valence-electron chi connectivity index (χ1n) is 10.5. The van der Waals surface area contributed by atoms with Crippen molar-refractivity contribution in [3.05, 3.63) is 0 Å². The minimum atomic E-state index is -3.17. The number of nitrogens with one attached hydrogen (secondary N) is 2. The van der Waals surface area contributed by atoms with E-state index >= 15 is 0 Å². The van der Waals surface area contributed by atoms with Gasteiger partial charge in [0.15, 0.2) is 0 Å². The number of halogens is 2. The number of likely N-dealkylation sites (tertiary alicyclic amines) is 1. The van der Waals surface area contributed by atoms with Crippen LogP contribution in [0.2, 0.25) is 0 Å². The number of rotatable bonds is 7. The van der Waals surface area contributed by atoms with Crippen molar-refractivity contribution >= 4 is 18.1 Å². The molecule has 2 saturated carbocycles. The molecule has 2 atom stereocenters. The highest BCUT2D eigenvalue weighted by Crippen LogP contribution is 2.55. The number of carbonyl (C=O) groups excluding carboxylic acids is 3. The molecule has 0 radical (unpaired) electrons. The molecule has 2 aliphatic carbocycles. The molecule has 2 N–H and O–H groups in total. The molecular weight excluding hydrogens is 414 g/mol. The number of hydrogen-bond donors (Lipinski definition) is 2. The van der Waals surface area contributed by atoms with Crippen LogP contribution in [0, 0.1) is 16.7 Å². The fourth-order valence-electron chi connectivity index (χ4n) is 3.95. The van der Waals surface area contributed by atoms with Gasteiger partial charge in [0.05, 0.1) is 12.7 Å². The van der Waals surface area contributed by atoms with E-state index in [1.807, 2.05) is 6.07 Å². The minimum absolute atomic E-state index is 0.179. The maximum Gasteiger partial charge on any atom is 0.508 e. The summed E-state index contributed by atoms with van der Waals surface area (Å²) in [5.41, 5.74) is -1.19. The van der Waals surface area contributed by atoms with E-state index < -0.39 is 42.0 Å². The molecule has 1 heterocycles. The number of alkyl halides is 2. The number of ether oxygens (including phenoxy) is 2. The molecule has 0 bridgehead atoms. The van der Waals surface area contributed by atoms with Gasteiger partial charge in [0, 0.05) is 24.9 Å². The van der Waals surface area contributed by atoms with Crippen molar-refractivity contribution < 1.29 is 32.6 Å².